The largest absolute Gasteiger partial charge is 0.494 e. The molecule has 242 valence electrons. The van der Waals surface area contributed by atoms with Crippen molar-refractivity contribution in [2.75, 3.05) is 20.3 Å². The molecule has 6 heterocycles. The van der Waals surface area contributed by atoms with E-state index in [-0.39, 0.29) is 41.4 Å². The van der Waals surface area contributed by atoms with Gasteiger partial charge in [-0.2, -0.15) is 0 Å². The fourth-order valence-electron chi connectivity index (χ4n) is 8.58. The van der Waals surface area contributed by atoms with E-state index in [1.807, 2.05) is 37.1 Å². The number of carbonyl (C=O) groups is 2. The molecule has 3 aliphatic heterocycles. The molecule has 1 aliphatic carbocycles. The molecule has 1 saturated carbocycles. The summed E-state index contributed by atoms with van der Waals surface area (Å²) in [6, 6.07) is 10.1. The number of hydrogen-bond acceptors (Lipinski definition) is 7. The summed E-state index contributed by atoms with van der Waals surface area (Å²) >= 11 is 0. The van der Waals surface area contributed by atoms with Crippen LogP contribution in [-0.2, 0) is 23.1 Å². The Balaban J connectivity index is 1.25. The zero-order valence-electron chi connectivity index (χ0n) is 27.2. The summed E-state index contributed by atoms with van der Waals surface area (Å²) in [6.07, 6.45) is 3.16. The van der Waals surface area contributed by atoms with Gasteiger partial charge in [-0.1, -0.05) is 13.8 Å². The number of nitrogens with one attached hydrogen (secondary N) is 1. The summed E-state index contributed by atoms with van der Waals surface area (Å²) in [4.78, 5) is 38.8. The van der Waals surface area contributed by atoms with Gasteiger partial charge in [0.1, 0.15) is 16.9 Å². The maximum absolute atomic E-state index is 13.9. The number of pyridine rings is 1. The Morgan fingerprint density at radius 3 is 2.72 bits per heavy atom. The van der Waals surface area contributed by atoms with Crippen LogP contribution in [-0.4, -0.2) is 74.3 Å². The molecule has 1 aromatic carbocycles. The second-order valence-corrected chi connectivity index (χ2v) is 14.4. The van der Waals surface area contributed by atoms with Gasteiger partial charge in [-0.05, 0) is 73.8 Å². The predicted molar refractivity (Wildman–Crippen MR) is 174 cm³/mol. The van der Waals surface area contributed by atoms with Crippen LogP contribution in [0.3, 0.4) is 0 Å². The van der Waals surface area contributed by atoms with Crippen molar-refractivity contribution >= 4 is 33.9 Å². The average Bonchev–Trinajstić information content (AvgIpc) is 3.56. The number of methoxy groups -OCH3 is 1. The number of amides is 2. The lowest BCUT2D eigenvalue weighted by atomic mass is 9.97. The third kappa shape index (κ3) is 4.45. The molecule has 4 aliphatic rings. The molecule has 0 radical (unpaired) electrons. The van der Waals surface area contributed by atoms with Gasteiger partial charge in [-0.3, -0.25) is 9.59 Å². The highest BCUT2D eigenvalue weighted by Gasteiger charge is 2.57. The number of nitrogens with zero attached hydrogens (tertiary/aromatic N) is 5. The topological polar surface area (TPSA) is 130 Å². The van der Waals surface area contributed by atoms with E-state index < -0.39 is 0 Å². The lowest BCUT2D eigenvalue weighted by Crippen LogP contribution is -2.40. The van der Waals surface area contributed by atoms with E-state index >= 15 is 0 Å². The van der Waals surface area contributed by atoms with Gasteiger partial charge in [0.05, 0.1) is 43.3 Å². The van der Waals surface area contributed by atoms with Gasteiger partial charge >= 0.3 is 0 Å². The molecule has 0 spiro atoms. The van der Waals surface area contributed by atoms with Gasteiger partial charge < -0.3 is 34.6 Å². The first kappa shape index (κ1) is 29.4. The number of aryl methyl sites for hydroxylation is 1. The van der Waals surface area contributed by atoms with E-state index in [9.17, 15) is 9.59 Å². The van der Waals surface area contributed by atoms with Crippen LogP contribution in [0.5, 0.6) is 5.75 Å². The first-order valence-electron chi connectivity index (χ1n) is 16.6. The predicted octanol–water partition coefficient (Wildman–Crippen LogP) is 4.17. The van der Waals surface area contributed by atoms with Crippen molar-refractivity contribution in [1.82, 2.24) is 29.3 Å². The van der Waals surface area contributed by atoms with Crippen LogP contribution in [0.15, 0.2) is 30.3 Å². The zero-order valence-corrected chi connectivity index (χ0v) is 27.2. The van der Waals surface area contributed by atoms with Crippen molar-refractivity contribution in [2.24, 2.45) is 30.0 Å². The lowest BCUT2D eigenvalue weighted by Gasteiger charge is -2.23. The van der Waals surface area contributed by atoms with Crippen LogP contribution in [0, 0.1) is 17.3 Å². The minimum Gasteiger partial charge on any atom is -0.494 e. The molecular weight excluding hydrogens is 582 g/mol. The van der Waals surface area contributed by atoms with Crippen molar-refractivity contribution in [2.45, 2.75) is 77.2 Å². The maximum atomic E-state index is 13.9. The van der Waals surface area contributed by atoms with E-state index in [2.05, 4.69) is 40.4 Å². The van der Waals surface area contributed by atoms with Crippen molar-refractivity contribution in [1.29, 1.82) is 0 Å². The SMILES string of the molecule is COc1cc(C(=O)N2[C@H]3CC[C@@H]2[C@H](N)C3)cc2nc(-c3cc4ccc5nc4n3C[C@@H]3[C@H](COCCC(=O)N[C@@H]5C)C3(C)C)n(C)c12. The number of hydrogen-bond donors (Lipinski definition) is 2. The minimum atomic E-state index is -0.242. The number of nitrogens with two attached hydrogens (primary N) is 1. The molecule has 0 unspecified atom stereocenters. The van der Waals surface area contributed by atoms with Crippen LogP contribution < -0.4 is 15.8 Å². The number of imidazole rings is 1. The molecule has 11 heteroatoms. The molecule has 8 rings (SSSR count). The van der Waals surface area contributed by atoms with Gasteiger partial charge in [-0.15, -0.1) is 0 Å². The highest BCUT2D eigenvalue weighted by Crippen LogP contribution is 2.59. The Kier molecular flexibility index (Phi) is 6.74. The first-order valence-corrected chi connectivity index (χ1v) is 16.6. The highest BCUT2D eigenvalue weighted by atomic mass is 16.5. The Bertz CT molecular complexity index is 1890. The molecule has 3 fully saturated rings. The number of ether oxygens (including phenoxy) is 2. The van der Waals surface area contributed by atoms with E-state index in [0.717, 1.165) is 59.6 Å². The molecule has 2 saturated heterocycles. The Morgan fingerprint density at radius 2 is 1.98 bits per heavy atom. The van der Waals surface area contributed by atoms with Gasteiger partial charge in [0.25, 0.3) is 5.91 Å². The van der Waals surface area contributed by atoms with Gasteiger partial charge in [0.2, 0.25) is 5.91 Å². The zero-order chi connectivity index (χ0) is 32.1. The fraction of sp³-hybridized carbons (Fsp3) is 0.543. The normalized spacial score (nSPS) is 28.8. The van der Waals surface area contributed by atoms with Crippen LogP contribution in [0.2, 0.25) is 0 Å². The summed E-state index contributed by atoms with van der Waals surface area (Å²) in [5.41, 5.74) is 11.2. The molecule has 6 atom stereocenters. The van der Waals surface area contributed by atoms with Gasteiger partial charge in [-0.25, -0.2) is 9.97 Å². The molecule has 46 heavy (non-hydrogen) atoms. The van der Waals surface area contributed by atoms with E-state index in [0.29, 0.717) is 48.3 Å². The highest BCUT2D eigenvalue weighted by molar-refractivity contribution is 6.00. The molecule has 4 bridgehead atoms. The monoisotopic (exact) mass is 625 g/mol. The molecule has 11 nitrogen and oxygen atoms in total. The number of aromatic nitrogens is 4. The maximum Gasteiger partial charge on any atom is 0.254 e. The van der Waals surface area contributed by atoms with E-state index in [1.165, 1.54) is 0 Å². The third-order valence-corrected chi connectivity index (χ3v) is 11.5. The summed E-state index contributed by atoms with van der Waals surface area (Å²) in [7, 11) is 3.64. The third-order valence-electron chi connectivity index (χ3n) is 11.5. The Labute approximate surface area is 268 Å². The smallest absolute Gasteiger partial charge is 0.254 e. The summed E-state index contributed by atoms with van der Waals surface area (Å²) in [6.45, 7) is 8.34. The molecule has 3 aromatic heterocycles. The quantitative estimate of drug-likeness (QED) is 0.350. The molecule has 3 N–H and O–H groups in total. The summed E-state index contributed by atoms with van der Waals surface area (Å²) in [5.74, 6) is 2.08. The van der Waals surface area contributed by atoms with E-state index in [4.69, 9.17) is 25.2 Å². The van der Waals surface area contributed by atoms with Crippen molar-refractivity contribution in [3.8, 4) is 17.3 Å². The second kappa shape index (κ2) is 10.5. The Morgan fingerprint density at radius 1 is 1.15 bits per heavy atom. The van der Waals surface area contributed by atoms with Crippen LogP contribution in [0.1, 0.15) is 68.5 Å². The number of carbonyl (C=O) groups excluding carboxylic acids is 2. The van der Waals surface area contributed by atoms with E-state index in [1.54, 1.807) is 7.11 Å². The number of fused-ring (bicyclic) bond motifs is 5. The second-order valence-electron chi connectivity index (χ2n) is 14.4. The molecule has 2 amide bonds. The lowest BCUT2D eigenvalue weighted by molar-refractivity contribution is -0.122. The van der Waals surface area contributed by atoms with Gasteiger partial charge in [0.15, 0.2) is 5.82 Å². The molecule has 4 aromatic rings. The van der Waals surface area contributed by atoms with Crippen LogP contribution in [0.4, 0.5) is 0 Å². The van der Waals surface area contributed by atoms with Crippen molar-refractivity contribution in [3.63, 3.8) is 0 Å². The average molecular weight is 626 g/mol. The number of benzene rings is 1. The molecular formula is C35H43N7O4. The van der Waals surface area contributed by atoms with Crippen LogP contribution >= 0.6 is 0 Å². The summed E-state index contributed by atoms with van der Waals surface area (Å²) in [5, 5.41) is 4.08. The minimum absolute atomic E-state index is 0.00251. The fourth-order valence-corrected chi connectivity index (χ4v) is 8.58. The van der Waals surface area contributed by atoms with Crippen LogP contribution in [0.25, 0.3) is 33.6 Å². The van der Waals surface area contributed by atoms with Gasteiger partial charge in [0, 0.05) is 49.1 Å². The standard InChI is InChI=1S/C35H43N7O4/c1-18-25-8-6-19-13-28(41(32(19)38-25)16-22-23(35(22,2)3)17-46-11-10-30(43)37-18)33-39-26-12-20(14-29(45-5)31(26)40(33)4)34(44)42-21-7-9-27(42)24(36)15-21/h6,8,12-14,18,21-24,27H,7,9-11,15-17,36H2,1-5H3,(H,37,43)/t18-,21+,22-,23+,24-,27-/m1/s1. The Hall–Kier alpha value is -3.96. The number of rotatable bonds is 3. The first-order chi connectivity index (χ1) is 22.1. The summed E-state index contributed by atoms with van der Waals surface area (Å²) < 4.78 is 16.2. The van der Waals surface area contributed by atoms with Crippen molar-refractivity contribution in [3.05, 3.63) is 41.6 Å². The van der Waals surface area contributed by atoms with Crippen molar-refractivity contribution < 1.29 is 19.1 Å².